The molecule has 34 heavy (non-hydrogen) atoms. The topological polar surface area (TPSA) is 89.4 Å². The zero-order valence-electron chi connectivity index (χ0n) is 20.2. The van der Waals surface area contributed by atoms with Crippen molar-refractivity contribution >= 4 is 11.8 Å². The minimum absolute atomic E-state index is 0.0263. The van der Waals surface area contributed by atoms with Crippen molar-refractivity contribution in [3.05, 3.63) is 81.9 Å². The molecule has 3 aromatic rings. The quantitative estimate of drug-likeness (QED) is 0.584. The van der Waals surface area contributed by atoms with Gasteiger partial charge in [-0.2, -0.15) is 5.10 Å². The molecular formula is C26H31N5O3. The lowest BCUT2D eigenvalue weighted by atomic mass is 9.94. The summed E-state index contributed by atoms with van der Waals surface area (Å²) in [5, 5.41) is 7.43. The number of fused-ring (bicyclic) bond motifs is 1. The summed E-state index contributed by atoms with van der Waals surface area (Å²) in [6.07, 6.45) is 2.67. The number of nitrogens with one attached hydrogen (secondary N) is 1. The molecule has 0 fully saturated rings. The Hall–Kier alpha value is -3.52. The van der Waals surface area contributed by atoms with Crippen molar-refractivity contribution in [2.75, 3.05) is 13.7 Å². The van der Waals surface area contributed by atoms with Gasteiger partial charge in [-0.3, -0.25) is 19.3 Å². The molecule has 1 atom stereocenters. The maximum Gasteiger partial charge on any atom is 0.272 e. The molecule has 2 aromatic heterocycles. The lowest BCUT2D eigenvalue weighted by Gasteiger charge is -2.30. The molecule has 2 amide bonds. The zero-order valence-corrected chi connectivity index (χ0v) is 20.2. The number of carbonyl (C=O) groups is 2. The third-order valence-corrected chi connectivity index (χ3v) is 6.41. The first-order chi connectivity index (χ1) is 16.4. The van der Waals surface area contributed by atoms with Crippen LogP contribution in [0.25, 0.3) is 0 Å². The Labute approximate surface area is 199 Å². The van der Waals surface area contributed by atoms with Crippen LogP contribution in [0.4, 0.5) is 0 Å². The fourth-order valence-corrected chi connectivity index (χ4v) is 4.48. The van der Waals surface area contributed by atoms with Crippen LogP contribution in [-0.4, -0.2) is 45.1 Å². The van der Waals surface area contributed by atoms with Crippen molar-refractivity contribution in [3.8, 4) is 0 Å². The number of pyridine rings is 1. The molecule has 0 aliphatic carbocycles. The van der Waals surface area contributed by atoms with E-state index in [1.807, 2.05) is 61.3 Å². The number of carbonyl (C=O) groups excluding carboxylic acids is 2. The molecule has 178 valence electrons. The molecule has 1 N–H and O–H groups in total. The highest BCUT2D eigenvalue weighted by molar-refractivity contribution is 5.93. The van der Waals surface area contributed by atoms with E-state index in [0.717, 1.165) is 40.1 Å². The minimum Gasteiger partial charge on any atom is -0.367 e. The van der Waals surface area contributed by atoms with Crippen LogP contribution in [0.2, 0.25) is 0 Å². The number of rotatable bonds is 7. The molecule has 4 rings (SSSR count). The predicted molar refractivity (Wildman–Crippen MR) is 128 cm³/mol. The van der Waals surface area contributed by atoms with Crippen LogP contribution in [0.15, 0.2) is 42.6 Å². The first-order valence-electron chi connectivity index (χ1n) is 11.6. The van der Waals surface area contributed by atoms with Crippen molar-refractivity contribution < 1.29 is 14.3 Å². The van der Waals surface area contributed by atoms with Crippen molar-refractivity contribution in [1.82, 2.24) is 25.0 Å². The van der Waals surface area contributed by atoms with E-state index in [0.29, 0.717) is 31.7 Å². The van der Waals surface area contributed by atoms with Crippen molar-refractivity contribution in [2.45, 2.75) is 45.9 Å². The van der Waals surface area contributed by atoms with E-state index in [9.17, 15) is 9.59 Å². The van der Waals surface area contributed by atoms with Crippen LogP contribution in [-0.2, 0) is 42.5 Å². The Morgan fingerprint density at radius 3 is 2.68 bits per heavy atom. The molecular weight excluding hydrogens is 430 g/mol. The molecule has 0 unspecified atom stereocenters. The molecule has 0 saturated heterocycles. The molecule has 0 saturated carbocycles. The molecule has 1 aliphatic heterocycles. The molecule has 1 aromatic carbocycles. The van der Waals surface area contributed by atoms with E-state index in [2.05, 4.69) is 15.4 Å². The van der Waals surface area contributed by atoms with Gasteiger partial charge in [0.05, 0.1) is 5.69 Å². The monoisotopic (exact) mass is 461 g/mol. The number of nitrogens with zero attached hydrogens (tertiary/aromatic N) is 4. The van der Waals surface area contributed by atoms with E-state index >= 15 is 0 Å². The van der Waals surface area contributed by atoms with Gasteiger partial charge in [0.15, 0.2) is 6.10 Å². The number of aromatic nitrogens is 3. The SMILES string of the molecule is CCc1cc(C(=O)N2CCc3c(cnc(C)c3CNC(=O)[C@@H](OC)c3ccccc3)C2)n(C)n1. The van der Waals surface area contributed by atoms with Crippen molar-refractivity contribution in [3.63, 3.8) is 0 Å². The summed E-state index contributed by atoms with van der Waals surface area (Å²) in [5.74, 6) is -0.220. The number of methoxy groups -OCH3 is 1. The van der Waals surface area contributed by atoms with Gasteiger partial charge in [-0.1, -0.05) is 37.3 Å². The van der Waals surface area contributed by atoms with Crippen molar-refractivity contribution in [1.29, 1.82) is 0 Å². The highest BCUT2D eigenvalue weighted by Crippen LogP contribution is 2.25. The highest BCUT2D eigenvalue weighted by atomic mass is 16.5. The van der Waals surface area contributed by atoms with Gasteiger partial charge in [-0.15, -0.1) is 0 Å². The molecule has 3 heterocycles. The van der Waals surface area contributed by atoms with Crippen LogP contribution in [0, 0.1) is 6.92 Å². The highest BCUT2D eigenvalue weighted by Gasteiger charge is 2.27. The fraction of sp³-hybridized carbons (Fsp3) is 0.385. The van der Waals surface area contributed by atoms with E-state index in [4.69, 9.17) is 4.74 Å². The predicted octanol–water partition coefficient (Wildman–Crippen LogP) is 2.89. The smallest absolute Gasteiger partial charge is 0.272 e. The number of hydrogen-bond acceptors (Lipinski definition) is 5. The first kappa shape index (κ1) is 23.6. The van der Waals surface area contributed by atoms with Gasteiger partial charge in [-0.05, 0) is 48.1 Å². The third kappa shape index (κ3) is 4.72. The third-order valence-electron chi connectivity index (χ3n) is 6.41. The number of aryl methyl sites for hydroxylation is 3. The van der Waals surface area contributed by atoms with E-state index in [1.165, 1.54) is 7.11 Å². The largest absolute Gasteiger partial charge is 0.367 e. The molecule has 1 aliphatic rings. The van der Waals surface area contributed by atoms with E-state index in [1.54, 1.807) is 11.7 Å². The number of benzene rings is 1. The molecule has 0 radical (unpaired) electrons. The second-order valence-electron chi connectivity index (χ2n) is 8.54. The van der Waals surface area contributed by atoms with Gasteiger partial charge in [0.25, 0.3) is 11.8 Å². The normalized spacial score (nSPS) is 13.9. The van der Waals surface area contributed by atoms with Gasteiger partial charge in [-0.25, -0.2) is 0 Å². The fourth-order valence-electron chi connectivity index (χ4n) is 4.48. The summed E-state index contributed by atoms with van der Waals surface area (Å²) in [6.45, 7) is 5.43. The average Bonchev–Trinajstić information content (AvgIpc) is 3.24. The van der Waals surface area contributed by atoms with Crippen LogP contribution < -0.4 is 5.32 Å². The molecule has 0 spiro atoms. The van der Waals surface area contributed by atoms with Crippen molar-refractivity contribution in [2.24, 2.45) is 7.05 Å². The van der Waals surface area contributed by atoms with Gasteiger partial charge in [0, 0.05) is 45.7 Å². The summed E-state index contributed by atoms with van der Waals surface area (Å²) in [6, 6.07) is 11.3. The summed E-state index contributed by atoms with van der Waals surface area (Å²) < 4.78 is 7.11. The standard InChI is InChI=1S/C26H31N5O3/c1-5-20-13-23(30(3)29-20)26(33)31-12-11-21-19(16-31)14-27-17(2)22(21)15-28-25(32)24(34-4)18-9-7-6-8-10-18/h6-10,13-14,24H,5,11-12,15-16H2,1-4H3,(H,28,32)/t24-/m0/s1. The maximum atomic E-state index is 13.1. The lowest BCUT2D eigenvalue weighted by molar-refractivity contribution is -0.131. The Kier molecular flexibility index (Phi) is 7.07. The van der Waals surface area contributed by atoms with Gasteiger partial charge in [0.1, 0.15) is 5.69 Å². The second-order valence-corrected chi connectivity index (χ2v) is 8.54. The summed E-state index contributed by atoms with van der Waals surface area (Å²) in [4.78, 5) is 32.4. The Morgan fingerprint density at radius 2 is 2.00 bits per heavy atom. The van der Waals surface area contributed by atoms with E-state index < -0.39 is 6.10 Å². The second kappa shape index (κ2) is 10.2. The lowest BCUT2D eigenvalue weighted by Crippen LogP contribution is -2.38. The molecule has 8 heteroatoms. The Bertz CT molecular complexity index is 1190. The maximum absolute atomic E-state index is 13.1. The van der Waals surface area contributed by atoms with Gasteiger partial charge in [0.2, 0.25) is 0 Å². The molecule has 8 nitrogen and oxygen atoms in total. The van der Waals surface area contributed by atoms with Crippen LogP contribution in [0.5, 0.6) is 0 Å². The average molecular weight is 462 g/mol. The summed E-state index contributed by atoms with van der Waals surface area (Å²) in [7, 11) is 3.34. The van der Waals surface area contributed by atoms with Crippen LogP contribution in [0.1, 0.15) is 57.2 Å². The first-order valence-corrected chi connectivity index (χ1v) is 11.6. The van der Waals surface area contributed by atoms with E-state index in [-0.39, 0.29) is 11.8 Å². The summed E-state index contributed by atoms with van der Waals surface area (Å²) >= 11 is 0. The Morgan fingerprint density at radius 1 is 1.24 bits per heavy atom. The Balaban J connectivity index is 1.49. The zero-order chi connectivity index (χ0) is 24.2. The number of amides is 2. The van der Waals surface area contributed by atoms with Crippen LogP contribution >= 0.6 is 0 Å². The number of hydrogen-bond donors (Lipinski definition) is 1. The number of ether oxygens (including phenoxy) is 1. The minimum atomic E-state index is -0.672. The molecule has 0 bridgehead atoms. The van der Waals surface area contributed by atoms with Gasteiger partial charge >= 0.3 is 0 Å². The van der Waals surface area contributed by atoms with Gasteiger partial charge < -0.3 is 15.0 Å². The van der Waals surface area contributed by atoms with Crippen LogP contribution in [0.3, 0.4) is 0 Å². The summed E-state index contributed by atoms with van der Waals surface area (Å²) in [5.41, 5.74) is 6.37.